The predicted octanol–water partition coefficient (Wildman–Crippen LogP) is 9.10. The van der Waals surface area contributed by atoms with Crippen LogP contribution in [0.5, 0.6) is 0 Å². The average molecular weight is 1000 g/mol. The predicted molar refractivity (Wildman–Crippen MR) is 285 cm³/mol. The van der Waals surface area contributed by atoms with Gasteiger partial charge < -0.3 is 41.6 Å². The number of β-amino-alcohol motifs (C(OH)–C–C–N with tert-alkyl or cyclic N) is 1. The van der Waals surface area contributed by atoms with Gasteiger partial charge in [0.15, 0.2) is 0 Å². The van der Waals surface area contributed by atoms with E-state index in [0.717, 1.165) is 62.4 Å². The van der Waals surface area contributed by atoms with Crippen LogP contribution in [0.1, 0.15) is 104 Å². The van der Waals surface area contributed by atoms with Crippen molar-refractivity contribution in [1.29, 1.82) is 0 Å². The lowest BCUT2D eigenvalue weighted by atomic mass is 9.85. The van der Waals surface area contributed by atoms with Crippen molar-refractivity contribution in [2.24, 2.45) is 5.41 Å². The van der Waals surface area contributed by atoms with E-state index < -0.39 is 29.5 Å². The van der Waals surface area contributed by atoms with Crippen molar-refractivity contribution in [3.63, 3.8) is 0 Å². The highest BCUT2D eigenvalue weighted by Gasteiger charge is 2.44. The van der Waals surface area contributed by atoms with Crippen LogP contribution in [-0.4, -0.2) is 90.8 Å². The normalized spacial score (nSPS) is 15.3. The van der Waals surface area contributed by atoms with Gasteiger partial charge >= 0.3 is 0 Å². The van der Waals surface area contributed by atoms with Crippen LogP contribution in [0.15, 0.2) is 121 Å². The summed E-state index contributed by atoms with van der Waals surface area (Å²) in [4.78, 5) is 86.1. The number of anilines is 3. The lowest BCUT2D eigenvalue weighted by Crippen LogP contribution is -2.57. The fourth-order valence-electron chi connectivity index (χ4n) is 8.97. The molecular formula is C56H62N10O6S. The summed E-state index contributed by atoms with van der Waals surface area (Å²) >= 11 is 1.57. The number of carbonyl (C=O) groups is 5. The van der Waals surface area contributed by atoms with Gasteiger partial charge in [-0.15, -0.1) is 11.3 Å². The number of aryl methyl sites for hydroxylation is 1. The smallest absolute Gasteiger partial charge is 0.255 e. The maximum atomic E-state index is 14.1. The van der Waals surface area contributed by atoms with Crippen LogP contribution in [0.2, 0.25) is 0 Å². The third-order valence-electron chi connectivity index (χ3n) is 13.0. The van der Waals surface area contributed by atoms with E-state index in [2.05, 4.69) is 46.5 Å². The first-order valence-corrected chi connectivity index (χ1v) is 25.5. The molecule has 1 aliphatic heterocycles. The molecule has 378 valence electrons. The number of hydrogen-bond donors (Lipinski definition) is 7. The molecule has 1 unspecified atom stereocenters. The highest BCUT2D eigenvalue weighted by molar-refractivity contribution is 7.13. The lowest BCUT2D eigenvalue weighted by molar-refractivity contribution is -0.144. The molecule has 17 heteroatoms. The maximum absolute atomic E-state index is 14.1. The molecule has 0 spiro atoms. The first-order valence-electron chi connectivity index (χ1n) is 24.6. The van der Waals surface area contributed by atoms with Crippen LogP contribution >= 0.6 is 11.3 Å². The largest absolute Gasteiger partial charge is 0.391 e. The Kier molecular flexibility index (Phi) is 16.4. The first kappa shape index (κ1) is 51.6. The molecular weight excluding hydrogens is 941 g/mol. The molecule has 1 saturated heterocycles. The monoisotopic (exact) mass is 1000 g/mol. The summed E-state index contributed by atoms with van der Waals surface area (Å²) in [6.45, 7) is 9.87. The zero-order valence-electron chi connectivity index (χ0n) is 41.7. The lowest BCUT2D eigenvalue weighted by Gasteiger charge is -2.35. The topological polar surface area (TPSA) is 223 Å². The van der Waals surface area contributed by atoms with Crippen LogP contribution in [0, 0.1) is 12.3 Å². The third kappa shape index (κ3) is 13.0. The standard InChI is InChI=1S/C56H62N10O6S/c1-34(36-18-20-37(21-19-36)50-35(2)61-33-73-50)62-54(71)47-28-42(67)31-66(47)55(72)51(56(3,4)5)65-49(68)17-8-6-7-11-26-57-52(69)38-22-24-39(25-23-38)53(70)64-41-14-12-13-40(27-41)63-48-29-46(59-32-60-48)44-30-58-45-16-10-9-15-43(44)45/h9-10,12-16,18-25,27,29-30,32-34,42,47,51,58,67H,6-8,11,17,26,28,31H2,1-5H3,(H,57,69)(H,62,71)(H,64,70)(H,65,68)(H,59,60,63)/t34-,42+,47?,51+/m0/s1. The number of nitrogens with one attached hydrogen (secondary N) is 6. The minimum Gasteiger partial charge on any atom is -0.391 e. The summed E-state index contributed by atoms with van der Waals surface area (Å²) in [5, 5.41) is 26.8. The van der Waals surface area contributed by atoms with E-state index in [9.17, 15) is 29.1 Å². The molecule has 1 fully saturated rings. The van der Waals surface area contributed by atoms with Gasteiger partial charge in [0.25, 0.3) is 11.8 Å². The molecule has 1 aliphatic rings. The second kappa shape index (κ2) is 23.2. The van der Waals surface area contributed by atoms with Crippen LogP contribution < -0.4 is 26.6 Å². The Morgan fingerprint density at radius 2 is 1.55 bits per heavy atom. The van der Waals surface area contributed by atoms with Crippen molar-refractivity contribution in [2.45, 2.75) is 97.4 Å². The van der Waals surface area contributed by atoms with Gasteiger partial charge in [-0.1, -0.05) is 82.1 Å². The second-order valence-electron chi connectivity index (χ2n) is 19.6. The minimum atomic E-state index is -0.914. The van der Waals surface area contributed by atoms with E-state index in [4.69, 9.17) is 0 Å². The number of rotatable bonds is 19. The fourth-order valence-corrected chi connectivity index (χ4v) is 9.78. The molecule has 0 bridgehead atoms. The molecule has 8 rings (SSSR count). The van der Waals surface area contributed by atoms with Gasteiger partial charge in [-0.25, -0.2) is 15.0 Å². The molecule has 4 aromatic carbocycles. The summed E-state index contributed by atoms with van der Waals surface area (Å²) in [7, 11) is 0. The van der Waals surface area contributed by atoms with Crippen LogP contribution in [-0.2, 0) is 14.4 Å². The van der Waals surface area contributed by atoms with Crippen molar-refractivity contribution in [1.82, 2.24) is 40.8 Å². The Balaban J connectivity index is 0.740. The Morgan fingerprint density at radius 3 is 2.29 bits per heavy atom. The van der Waals surface area contributed by atoms with E-state index in [0.29, 0.717) is 42.0 Å². The zero-order chi connectivity index (χ0) is 51.6. The van der Waals surface area contributed by atoms with E-state index in [-0.39, 0.29) is 49.1 Å². The van der Waals surface area contributed by atoms with Gasteiger partial charge in [-0.2, -0.15) is 0 Å². The van der Waals surface area contributed by atoms with Gasteiger partial charge in [0, 0.05) is 77.2 Å². The highest BCUT2D eigenvalue weighted by Crippen LogP contribution is 2.31. The number of benzene rings is 4. The molecule has 0 saturated carbocycles. The molecule has 7 N–H and O–H groups in total. The van der Waals surface area contributed by atoms with Gasteiger partial charge in [-0.3, -0.25) is 24.0 Å². The summed E-state index contributed by atoms with van der Waals surface area (Å²) < 4.78 is 0. The van der Waals surface area contributed by atoms with Crippen LogP contribution in [0.3, 0.4) is 0 Å². The molecule has 4 heterocycles. The number of aromatic amines is 1. The van der Waals surface area contributed by atoms with Gasteiger partial charge in [-0.05, 0) is 91.8 Å². The van der Waals surface area contributed by atoms with Crippen molar-refractivity contribution in [3.05, 3.63) is 144 Å². The maximum Gasteiger partial charge on any atom is 0.255 e. The average Bonchev–Trinajstić information content (AvgIpc) is 4.13. The first-order chi connectivity index (χ1) is 35.1. The van der Waals surface area contributed by atoms with E-state index in [1.807, 2.05) is 119 Å². The van der Waals surface area contributed by atoms with Crippen molar-refractivity contribution >= 4 is 69.0 Å². The van der Waals surface area contributed by atoms with Crippen molar-refractivity contribution < 1.29 is 29.1 Å². The molecule has 3 aromatic heterocycles. The number of aliphatic hydroxyl groups excluding tert-OH is 1. The Bertz CT molecular complexity index is 3070. The number of fused-ring (bicyclic) bond motifs is 1. The molecule has 73 heavy (non-hydrogen) atoms. The number of aromatic nitrogens is 4. The van der Waals surface area contributed by atoms with E-state index in [1.165, 1.54) is 11.2 Å². The summed E-state index contributed by atoms with van der Waals surface area (Å²) in [5.41, 5.74) is 8.92. The molecule has 7 aromatic rings. The van der Waals surface area contributed by atoms with Gasteiger partial charge in [0.1, 0.15) is 24.2 Å². The number of thiazole rings is 1. The second-order valence-corrected chi connectivity index (χ2v) is 20.4. The van der Waals surface area contributed by atoms with Crippen LogP contribution in [0.25, 0.3) is 32.6 Å². The summed E-state index contributed by atoms with van der Waals surface area (Å²) in [6.07, 6.45) is 5.66. The number of hydrogen-bond acceptors (Lipinski definition) is 11. The summed E-state index contributed by atoms with van der Waals surface area (Å²) in [5.74, 6) is -1.03. The number of para-hydroxylation sites is 1. The number of nitrogens with zero attached hydrogens (tertiary/aromatic N) is 4. The summed E-state index contributed by atoms with van der Waals surface area (Å²) in [6, 6.07) is 29.4. The number of amides is 5. The van der Waals surface area contributed by atoms with Gasteiger partial charge in [0.2, 0.25) is 17.7 Å². The third-order valence-corrected chi connectivity index (χ3v) is 14.0. The number of unbranched alkanes of at least 4 members (excludes halogenated alkanes) is 3. The van der Waals surface area contributed by atoms with Crippen LogP contribution in [0.4, 0.5) is 17.2 Å². The number of carbonyl (C=O) groups excluding carboxylic acids is 5. The van der Waals surface area contributed by atoms with Gasteiger partial charge in [0.05, 0.1) is 33.9 Å². The Hall–Kier alpha value is -7.76. The molecule has 4 atom stereocenters. The SMILES string of the molecule is Cc1ncsc1-c1ccc([C@H](C)NC(=O)C2C[C@@H](O)CN2C(=O)[C@@H](NC(=O)CCCCCCNC(=O)c2ccc(C(=O)Nc3cccc(Nc4cc(-c5c[nH]c6ccccc56)ncn4)c3)cc2)C(C)(C)C)cc1. The number of aliphatic hydroxyl groups is 1. The Labute approximate surface area is 428 Å². The molecule has 0 aliphatic carbocycles. The number of H-pyrrole nitrogens is 1. The van der Waals surface area contributed by atoms with E-state index in [1.54, 1.807) is 41.7 Å². The molecule has 16 nitrogen and oxygen atoms in total. The van der Waals surface area contributed by atoms with Crippen molar-refractivity contribution in [3.8, 4) is 21.7 Å². The minimum absolute atomic E-state index is 0.00717. The Morgan fingerprint density at radius 1 is 0.822 bits per heavy atom. The molecule has 0 radical (unpaired) electrons. The van der Waals surface area contributed by atoms with Crippen molar-refractivity contribution in [2.75, 3.05) is 23.7 Å². The fraction of sp³-hybridized carbons (Fsp3) is 0.321. The number of likely N-dealkylation sites (tertiary alicyclic amines) is 1. The highest BCUT2D eigenvalue weighted by atomic mass is 32.1. The zero-order valence-corrected chi connectivity index (χ0v) is 42.5. The molecule has 5 amide bonds. The van der Waals surface area contributed by atoms with E-state index >= 15 is 0 Å². The quantitative estimate of drug-likeness (QED) is 0.0381.